The number of fused-ring (bicyclic) bond motifs is 1. The zero-order valence-corrected chi connectivity index (χ0v) is 14.1. The van der Waals surface area contributed by atoms with Crippen LogP contribution in [0.25, 0.3) is 10.9 Å². The molecule has 0 saturated heterocycles. The van der Waals surface area contributed by atoms with Gasteiger partial charge in [0.1, 0.15) is 5.82 Å². The van der Waals surface area contributed by atoms with E-state index in [1.165, 1.54) is 12.1 Å². The van der Waals surface area contributed by atoms with Crippen molar-refractivity contribution in [3.8, 4) is 0 Å². The predicted molar refractivity (Wildman–Crippen MR) is 96.9 cm³/mol. The first-order valence-electron chi connectivity index (χ1n) is 8.23. The van der Waals surface area contributed by atoms with Crippen LogP contribution < -0.4 is 10.6 Å². The largest absolute Gasteiger partial charge is 0.351 e. The number of amides is 1. The third kappa shape index (κ3) is 4.39. The van der Waals surface area contributed by atoms with Gasteiger partial charge in [-0.2, -0.15) is 0 Å². The summed E-state index contributed by atoms with van der Waals surface area (Å²) < 4.78 is 13.5. The summed E-state index contributed by atoms with van der Waals surface area (Å²) in [5.41, 5.74) is 3.21. The number of aromatic nitrogens is 1. The first kappa shape index (κ1) is 17.0. The van der Waals surface area contributed by atoms with E-state index in [2.05, 4.69) is 27.8 Å². The molecule has 5 heteroatoms. The number of benzene rings is 2. The summed E-state index contributed by atoms with van der Waals surface area (Å²) in [5.74, 6) is -0.903. The number of carbonyl (C=O) groups excluding carboxylic acids is 1. The number of nitrogens with one attached hydrogen (secondary N) is 2. The Morgan fingerprint density at radius 2 is 1.92 bits per heavy atom. The second kappa shape index (κ2) is 7.85. The molecule has 128 valence electrons. The van der Waals surface area contributed by atoms with Gasteiger partial charge in [0.2, 0.25) is 0 Å². The van der Waals surface area contributed by atoms with Gasteiger partial charge in [-0.1, -0.05) is 24.3 Å². The van der Waals surface area contributed by atoms with Crippen molar-refractivity contribution in [2.45, 2.75) is 13.5 Å². The lowest BCUT2D eigenvalue weighted by Crippen LogP contribution is -2.32. The van der Waals surface area contributed by atoms with Crippen LogP contribution in [0.2, 0.25) is 0 Å². The van der Waals surface area contributed by atoms with Crippen LogP contribution in [-0.2, 0) is 6.54 Å². The van der Waals surface area contributed by atoms with E-state index in [9.17, 15) is 9.18 Å². The average Bonchev–Trinajstić information content (AvgIpc) is 2.61. The van der Waals surface area contributed by atoms with E-state index in [1.54, 1.807) is 12.1 Å². The fraction of sp³-hybridized carbons (Fsp3) is 0.200. The molecule has 1 aromatic heterocycles. The molecule has 0 aliphatic rings. The van der Waals surface area contributed by atoms with Gasteiger partial charge in [-0.25, -0.2) is 4.39 Å². The molecule has 25 heavy (non-hydrogen) atoms. The van der Waals surface area contributed by atoms with Crippen molar-refractivity contribution in [3.63, 3.8) is 0 Å². The predicted octanol–water partition coefficient (Wildman–Crippen LogP) is 3.20. The molecule has 2 aromatic carbocycles. The van der Waals surface area contributed by atoms with E-state index in [0.29, 0.717) is 19.6 Å². The van der Waals surface area contributed by atoms with Crippen LogP contribution in [0.15, 0.2) is 54.6 Å². The van der Waals surface area contributed by atoms with Crippen LogP contribution in [0.5, 0.6) is 0 Å². The molecule has 0 unspecified atom stereocenters. The Balaban J connectivity index is 1.46. The fourth-order valence-corrected chi connectivity index (χ4v) is 2.62. The molecule has 0 radical (unpaired) electrons. The Kier molecular flexibility index (Phi) is 5.36. The lowest BCUT2D eigenvalue weighted by Gasteiger charge is -2.08. The molecule has 1 amide bonds. The first-order chi connectivity index (χ1) is 12.1. The summed E-state index contributed by atoms with van der Waals surface area (Å²) in [7, 11) is 0. The van der Waals surface area contributed by atoms with E-state index >= 15 is 0 Å². The fourth-order valence-electron chi connectivity index (χ4n) is 2.62. The highest BCUT2D eigenvalue weighted by Crippen LogP contribution is 2.14. The molecule has 0 aliphatic heterocycles. The Morgan fingerprint density at radius 1 is 1.08 bits per heavy atom. The molecule has 0 spiro atoms. The number of nitrogens with zero attached hydrogens (tertiary/aromatic N) is 1. The van der Waals surface area contributed by atoms with Gasteiger partial charge in [0.25, 0.3) is 5.91 Å². The van der Waals surface area contributed by atoms with Gasteiger partial charge < -0.3 is 10.6 Å². The molecule has 0 saturated carbocycles. The smallest absolute Gasteiger partial charge is 0.254 e. The van der Waals surface area contributed by atoms with E-state index < -0.39 is 11.7 Å². The molecule has 3 rings (SSSR count). The summed E-state index contributed by atoms with van der Waals surface area (Å²) in [6.07, 6.45) is 0. The molecule has 0 bridgehead atoms. The van der Waals surface area contributed by atoms with Gasteiger partial charge in [-0.3, -0.25) is 9.78 Å². The molecular weight excluding hydrogens is 317 g/mol. The quantitative estimate of drug-likeness (QED) is 0.679. The van der Waals surface area contributed by atoms with Crippen LogP contribution in [0, 0.1) is 12.7 Å². The number of hydrogen-bond donors (Lipinski definition) is 2. The van der Waals surface area contributed by atoms with Crippen molar-refractivity contribution in [3.05, 3.63) is 77.2 Å². The average molecular weight is 337 g/mol. The van der Waals surface area contributed by atoms with Crippen molar-refractivity contribution < 1.29 is 9.18 Å². The highest BCUT2D eigenvalue weighted by molar-refractivity contribution is 5.94. The summed E-state index contributed by atoms with van der Waals surface area (Å²) in [4.78, 5) is 16.4. The molecule has 2 N–H and O–H groups in total. The van der Waals surface area contributed by atoms with Gasteiger partial charge >= 0.3 is 0 Å². The summed E-state index contributed by atoms with van der Waals surface area (Å²) in [6, 6.07) is 16.2. The van der Waals surface area contributed by atoms with Crippen molar-refractivity contribution in [1.29, 1.82) is 0 Å². The lowest BCUT2D eigenvalue weighted by atomic mass is 10.1. The maximum Gasteiger partial charge on any atom is 0.254 e. The Labute approximate surface area is 146 Å². The third-order valence-electron chi connectivity index (χ3n) is 3.93. The van der Waals surface area contributed by atoms with E-state index in [-0.39, 0.29) is 5.56 Å². The van der Waals surface area contributed by atoms with Crippen LogP contribution in [0.1, 0.15) is 21.6 Å². The van der Waals surface area contributed by atoms with Gasteiger partial charge in [0.05, 0.1) is 11.1 Å². The SMILES string of the molecule is Cc1ccc2cc(CNCCNC(=O)c3ccccc3F)ccc2n1. The highest BCUT2D eigenvalue weighted by Gasteiger charge is 2.09. The second-order valence-electron chi connectivity index (χ2n) is 5.89. The number of rotatable bonds is 6. The molecule has 1 heterocycles. The highest BCUT2D eigenvalue weighted by atomic mass is 19.1. The second-order valence-corrected chi connectivity index (χ2v) is 5.89. The Bertz CT molecular complexity index is 895. The number of aryl methyl sites for hydroxylation is 1. The van der Waals surface area contributed by atoms with Crippen molar-refractivity contribution in [2.24, 2.45) is 0 Å². The normalized spacial score (nSPS) is 10.8. The van der Waals surface area contributed by atoms with E-state index in [4.69, 9.17) is 0 Å². The zero-order valence-electron chi connectivity index (χ0n) is 14.1. The molecular formula is C20H20FN3O. The van der Waals surface area contributed by atoms with E-state index in [0.717, 1.165) is 22.2 Å². The van der Waals surface area contributed by atoms with E-state index in [1.807, 2.05) is 25.1 Å². The minimum atomic E-state index is -0.507. The van der Waals surface area contributed by atoms with Gasteiger partial charge in [0.15, 0.2) is 0 Å². The zero-order chi connectivity index (χ0) is 17.6. The summed E-state index contributed by atoms with van der Waals surface area (Å²) in [6.45, 7) is 3.70. The molecule has 0 fully saturated rings. The number of carbonyl (C=O) groups is 1. The first-order valence-corrected chi connectivity index (χ1v) is 8.23. The van der Waals surface area contributed by atoms with Crippen LogP contribution >= 0.6 is 0 Å². The monoisotopic (exact) mass is 337 g/mol. The Hall–Kier alpha value is -2.79. The maximum absolute atomic E-state index is 13.5. The van der Waals surface area contributed by atoms with Gasteiger partial charge in [-0.15, -0.1) is 0 Å². The lowest BCUT2D eigenvalue weighted by molar-refractivity contribution is 0.0950. The van der Waals surface area contributed by atoms with Gasteiger partial charge in [-0.05, 0) is 42.8 Å². The number of hydrogen-bond acceptors (Lipinski definition) is 3. The van der Waals surface area contributed by atoms with Crippen LogP contribution in [-0.4, -0.2) is 24.0 Å². The van der Waals surface area contributed by atoms with Crippen molar-refractivity contribution in [2.75, 3.05) is 13.1 Å². The molecule has 3 aromatic rings. The number of pyridine rings is 1. The standard InChI is InChI=1S/C20H20FN3O/c1-14-6-8-16-12-15(7-9-19(16)24-14)13-22-10-11-23-20(25)17-4-2-3-5-18(17)21/h2-9,12,22H,10-11,13H2,1H3,(H,23,25). The van der Waals surface area contributed by atoms with Crippen LogP contribution in [0.4, 0.5) is 4.39 Å². The topological polar surface area (TPSA) is 54.0 Å². The molecule has 0 atom stereocenters. The molecule has 0 aliphatic carbocycles. The minimum absolute atomic E-state index is 0.0693. The Morgan fingerprint density at radius 3 is 2.76 bits per heavy atom. The van der Waals surface area contributed by atoms with Crippen LogP contribution in [0.3, 0.4) is 0 Å². The summed E-state index contributed by atoms with van der Waals surface area (Å²) >= 11 is 0. The van der Waals surface area contributed by atoms with Crippen molar-refractivity contribution >= 4 is 16.8 Å². The molecule has 4 nitrogen and oxygen atoms in total. The maximum atomic E-state index is 13.5. The van der Waals surface area contributed by atoms with Gasteiger partial charge in [0, 0.05) is 30.7 Å². The minimum Gasteiger partial charge on any atom is -0.351 e. The summed E-state index contributed by atoms with van der Waals surface area (Å²) in [5, 5.41) is 7.09. The van der Waals surface area contributed by atoms with Crippen molar-refractivity contribution in [1.82, 2.24) is 15.6 Å². The number of halogens is 1. The third-order valence-corrected chi connectivity index (χ3v) is 3.93.